The third-order valence-corrected chi connectivity index (χ3v) is 15.4. The van der Waals surface area contributed by atoms with Crippen molar-refractivity contribution in [3.8, 4) is 0 Å². The summed E-state index contributed by atoms with van der Waals surface area (Å²) in [5, 5.41) is 4.31. The van der Waals surface area contributed by atoms with Crippen molar-refractivity contribution >= 4 is 47.5 Å². The molecule has 8 atom stereocenters. The summed E-state index contributed by atoms with van der Waals surface area (Å²) in [6, 6.07) is 13.1. The standard InChI is InChI=1S/C55H78IN6O12/c1-33(2)26-42-52(67)71-38(10)49(64)59(12)45(29-36(7)8)55(70)74-47(56-41-23-18-22-40(30-41)32-62-25-19-24-57-62)51(66)61(14)43(27-34(3)4)53(68)72-37(9)48(63)58(11)44(28-35(5)6)54(69)73-46(50(65)60(42)13)31-39-20-16-15-17-21-39/h15-25,30,33-38,42-47H,26-29,31-32H2,1-14H3/q-1/t37-,38-,42+,43+,44+,45+,46-,47+/m1/s1. The third kappa shape index (κ3) is 17.4. The third-order valence-electron chi connectivity index (χ3n) is 12.6. The minimum atomic E-state index is -1.53. The number of amides is 4. The number of hydrogen-bond donors (Lipinski definition) is 0. The first-order valence-corrected chi connectivity index (χ1v) is 27.7. The SMILES string of the molecule is CC(C)C[C@H]1C(=O)O[C@H](C)C(=O)N(C)[C@@H](CC(C)C)C(=O)O[C@H](Cc2ccccc2)C(=O)N(C)[C@@H](CC(C)C)C(=O)O[C@H](C)C(=O)N(C)[C@@H](CC(C)C)C(=O)O[C@H]([I-]c2cccc(Cn3cccn3)c2)C(=O)N1C. The number of ether oxygens (including phenoxy) is 4. The predicted molar refractivity (Wildman–Crippen MR) is 272 cm³/mol. The number of alkyl halides is 1. The molecule has 408 valence electrons. The first-order valence-electron chi connectivity index (χ1n) is 25.4. The van der Waals surface area contributed by atoms with Gasteiger partial charge in [0.05, 0.1) is 0 Å². The van der Waals surface area contributed by atoms with Gasteiger partial charge < -0.3 is 0 Å². The van der Waals surface area contributed by atoms with Crippen molar-refractivity contribution in [2.24, 2.45) is 23.7 Å². The molecule has 0 unspecified atom stereocenters. The predicted octanol–water partition coefficient (Wildman–Crippen LogP) is 2.58. The van der Waals surface area contributed by atoms with Crippen LogP contribution in [0.4, 0.5) is 0 Å². The Morgan fingerprint density at radius 2 is 0.919 bits per heavy atom. The molecular formula is C55H78IN6O12-. The van der Waals surface area contributed by atoms with Crippen LogP contribution in [-0.4, -0.2) is 152 Å². The van der Waals surface area contributed by atoms with Gasteiger partial charge in [-0.25, -0.2) is 0 Å². The Bertz CT molecular complexity index is 2360. The Hall–Kier alpha value is -5.86. The van der Waals surface area contributed by atoms with Gasteiger partial charge in [-0.15, -0.1) is 0 Å². The van der Waals surface area contributed by atoms with Gasteiger partial charge in [0.2, 0.25) is 0 Å². The quantitative estimate of drug-likeness (QED) is 0.0988. The van der Waals surface area contributed by atoms with Crippen molar-refractivity contribution in [2.75, 3.05) is 28.2 Å². The van der Waals surface area contributed by atoms with Gasteiger partial charge in [0.25, 0.3) is 0 Å². The average molecular weight is 1140 g/mol. The van der Waals surface area contributed by atoms with Crippen LogP contribution in [0.25, 0.3) is 0 Å². The molecule has 4 rings (SSSR count). The van der Waals surface area contributed by atoms with Gasteiger partial charge in [0.1, 0.15) is 0 Å². The molecule has 2 aromatic carbocycles. The maximum absolute atomic E-state index is 15.0. The zero-order chi connectivity index (χ0) is 55.1. The van der Waals surface area contributed by atoms with Crippen LogP contribution >= 0.6 is 0 Å². The number of benzene rings is 2. The van der Waals surface area contributed by atoms with Crippen LogP contribution in [-0.2, 0) is 70.3 Å². The maximum atomic E-state index is 15.0. The fourth-order valence-corrected chi connectivity index (χ4v) is 11.3. The van der Waals surface area contributed by atoms with Gasteiger partial charge in [-0.05, 0) is 5.56 Å². The molecule has 0 bridgehead atoms. The van der Waals surface area contributed by atoms with Crippen LogP contribution in [0.2, 0.25) is 0 Å². The fraction of sp³-hybridized carbons (Fsp3) is 0.582. The van der Waals surface area contributed by atoms with Gasteiger partial charge in [0.15, 0.2) is 6.10 Å². The number of likely N-dealkylation sites (N-methyl/N-ethyl adjacent to an activating group) is 4. The Morgan fingerprint density at radius 1 is 0.500 bits per heavy atom. The van der Waals surface area contributed by atoms with Gasteiger partial charge in [-0.3, -0.25) is 4.79 Å². The molecule has 2 heterocycles. The van der Waals surface area contributed by atoms with Crippen LogP contribution in [0.5, 0.6) is 0 Å². The first kappa shape index (κ1) is 60.7. The number of cyclic esters (lactones) is 4. The van der Waals surface area contributed by atoms with Gasteiger partial charge >= 0.3 is 369 Å². The van der Waals surface area contributed by atoms with Crippen molar-refractivity contribution < 1.29 is 78.5 Å². The van der Waals surface area contributed by atoms with E-state index in [4.69, 9.17) is 18.9 Å². The minimum absolute atomic E-state index is 0.0862. The summed E-state index contributed by atoms with van der Waals surface area (Å²) >= 11 is -1.53. The molecule has 3 aromatic rings. The van der Waals surface area contributed by atoms with Crippen molar-refractivity contribution in [1.82, 2.24) is 29.4 Å². The van der Waals surface area contributed by atoms with Crippen molar-refractivity contribution in [2.45, 2.75) is 154 Å². The molecule has 74 heavy (non-hydrogen) atoms. The topological polar surface area (TPSA) is 204 Å². The van der Waals surface area contributed by atoms with E-state index in [-0.39, 0.29) is 55.8 Å². The zero-order valence-corrected chi connectivity index (χ0v) is 47.7. The number of rotatable bonds is 14. The summed E-state index contributed by atoms with van der Waals surface area (Å²) in [4.78, 5) is 121. The van der Waals surface area contributed by atoms with Crippen LogP contribution in [0.1, 0.15) is 106 Å². The zero-order valence-electron chi connectivity index (χ0n) is 45.6. The number of halogens is 1. The molecule has 1 aliphatic heterocycles. The second kappa shape index (κ2) is 28.2. The summed E-state index contributed by atoms with van der Waals surface area (Å²) in [5.74, 6) is -7.15. The van der Waals surface area contributed by atoms with Crippen molar-refractivity contribution in [3.63, 3.8) is 0 Å². The summed E-state index contributed by atoms with van der Waals surface area (Å²) < 4.78 is 25.1. The molecule has 1 aliphatic rings. The van der Waals surface area contributed by atoms with Crippen LogP contribution in [0.15, 0.2) is 73.1 Å². The molecule has 19 heteroatoms. The number of nitrogens with zero attached hydrogens (tertiary/aromatic N) is 6. The molecule has 1 saturated heterocycles. The first-order chi connectivity index (χ1) is 34.8. The molecule has 0 aliphatic carbocycles. The van der Waals surface area contributed by atoms with Gasteiger partial charge in [0, 0.05) is 6.42 Å². The average Bonchev–Trinajstić information content (AvgIpc) is 3.86. The molecule has 18 nitrogen and oxygen atoms in total. The molecule has 1 aromatic heterocycles. The van der Waals surface area contributed by atoms with E-state index >= 15 is 0 Å². The molecular weight excluding hydrogens is 1060 g/mol. The Labute approximate surface area is 447 Å². The van der Waals surface area contributed by atoms with E-state index in [0.29, 0.717) is 12.1 Å². The van der Waals surface area contributed by atoms with E-state index in [0.717, 1.165) is 23.8 Å². The summed E-state index contributed by atoms with van der Waals surface area (Å²) in [6.07, 6.45) is -0.581. The van der Waals surface area contributed by atoms with E-state index in [1.165, 1.54) is 46.9 Å². The number of carbonyl (C=O) groups is 8. The molecule has 1 fully saturated rings. The second-order valence-corrected chi connectivity index (χ2v) is 23.8. The summed E-state index contributed by atoms with van der Waals surface area (Å²) in [5.41, 5.74) is 1.52. The van der Waals surface area contributed by atoms with Crippen molar-refractivity contribution in [3.05, 3.63) is 87.8 Å². The summed E-state index contributed by atoms with van der Waals surface area (Å²) in [7, 11) is 5.60. The van der Waals surface area contributed by atoms with Crippen LogP contribution in [0, 0.1) is 27.2 Å². The normalized spacial score (nSPS) is 24.2. The summed E-state index contributed by atoms with van der Waals surface area (Å²) in [6.45, 7) is 18.0. The van der Waals surface area contributed by atoms with Crippen LogP contribution < -0.4 is 21.2 Å². The molecule has 0 spiro atoms. The number of carbonyl (C=O) groups excluding carboxylic acids is 8. The Balaban J connectivity index is 1.87. The van der Waals surface area contributed by atoms with E-state index in [1.807, 2.05) is 85.9 Å². The number of aromatic nitrogens is 2. The van der Waals surface area contributed by atoms with Gasteiger partial charge in [-0.1, -0.05) is 58.0 Å². The van der Waals surface area contributed by atoms with Crippen molar-refractivity contribution in [1.29, 1.82) is 0 Å². The van der Waals surface area contributed by atoms with E-state index in [1.54, 1.807) is 47.3 Å². The second-order valence-electron chi connectivity index (χ2n) is 20.8. The Morgan fingerprint density at radius 3 is 1.36 bits per heavy atom. The molecule has 0 N–H and O–H groups in total. The molecule has 0 saturated carbocycles. The van der Waals surface area contributed by atoms with E-state index < -0.39 is 115 Å². The fourth-order valence-electron chi connectivity index (χ4n) is 8.54. The molecule has 0 radical (unpaired) electrons. The van der Waals surface area contributed by atoms with Gasteiger partial charge in [-0.2, -0.15) is 0 Å². The van der Waals surface area contributed by atoms with Crippen LogP contribution in [0.3, 0.4) is 0 Å². The van der Waals surface area contributed by atoms with E-state index in [2.05, 4.69) is 5.10 Å². The number of hydrogen-bond acceptors (Lipinski definition) is 13. The Kier molecular flexibility index (Phi) is 23.1. The monoisotopic (exact) mass is 1140 g/mol. The van der Waals surface area contributed by atoms with E-state index in [9.17, 15) is 38.4 Å². The molecule has 4 amide bonds. The number of esters is 4.